The van der Waals surface area contributed by atoms with Crippen molar-refractivity contribution in [3.63, 3.8) is 0 Å². The maximum Gasteiger partial charge on any atom is 0.310 e. The molecule has 56 valence electrons. The largest absolute Gasteiger partial charge is 0.331 e. The molecular weight excluding hydrogens is 147 g/mol. The minimum Gasteiger partial charge on any atom is -0.331 e. The molecule has 4 nitrogen and oxygen atoms in total. The third kappa shape index (κ3) is 0.849. The van der Waals surface area contributed by atoms with Crippen LogP contribution in [0.4, 0.5) is 4.39 Å². The first-order valence-corrected chi connectivity index (χ1v) is 3.07. The fourth-order valence-corrected chi connectivity index (χ4v) is 0.893. The number of aryl methyl sites for hydroxylation is 1. The van der Waals surface area contributed by atoms with Crippen molar-refractivity contribution in [3.8, 4) is 0 Å². The van der Waals surface area contributed by atoms with E-state index in [-0.39, 0.29) is 0 Å². The van der Waals surface area contributed by atoms with Crippen LogP contribution >= 0.6 is 0 Å². The molecule has 2 aromatic heterocycles. The third-order valence-electron chi connectivity index (χ3n) is 1.45. The van der Waals surface area contributed by atoms with Gasteiger partial charge in [0.1, 0.15) is 5.52 Å². The summed E-state index contributed by atoms with van der Waals surface area (Å²) in [5.41, 5.74) is 1.12. The van der Waals surface area contributed by atoms with Crippen molar-refractivity contribution in [1.82, 2.24) is 19.5 Å². The highest BCUT2D eigenvalue weighted by Crippen LogP contribution is 2.05. The Balaban J connectivity index is 2.86. The van der Waals surface area contributed by atoms with Crippen LogP contribution < -0.4 is 0 Å². The van der Waals surface area contributed by atoms with Crippen molar-refractivity contribution in [1.29, 1.82) is 0 Å². The fourth-order valence-electron chi connectivity index (χ4n) is 0.893. The molecule has 0 radical (unpaired) electrons. The van der Waals surface area contributed by atoms with Gasteiger partial charge < -0.3 is 4.57 Å². The highest BCUT2D eigenvalue weighted by Gasteiger charge is 2.01. The monoisotopic (exact) mass is 152 g/mol. The van der Waals surface area contributed by atoms with Gasteiger partial charge in [0.05, 0.1) is 12.5 Å². The summed E-state index contributed by atoms with van der Waals surface area (Å²) in [6.45, 7) is 0. The Kier molecular flexibility index (Phi) is 1.12. The number of imidazole rings is 1. The molecule has 2 rings (SSSR count). The van der Waals surface area contributed by atoms with Crippen LogP contribution in [0.3, 0.4) is 0 Å². The molecule has 0 amide bonds. The number of rotatable bonds is 0. The summed E-state index contributed by atoms with van der Waals surface area (Å²) in [6.07, 6.45) is 2.24. The smallest absolute Gasteiger partial charge is 0.310 e. The van der Waals surface area contributed by atoms with Gasteiger partial charge in [-0.3, -0.25) is 0 Å². The molecule has 0 fully saturated rings. The lowest BCUT2D eigenvalue weighted by atomic mass is 10.5. The van der Waals surface area contributed by atoms with Crippen LogP contribution in [0.25, 0.3) is 11.2 Å². The molecule has 0 aromatic carbocycles. The van der Waals surface area contributed by atoms with Gasteiger partial charge in [-0.15, -0.1) is 0 Å². The zero-order valence-electron chi connectivity index (χ0n) is 5.82. The van der Waals surface area contributed by atoms with Gasteiger partial charge in [0.25, 0.3) is 0 Å². The van der Waals surface area contributed by atoms with Gasteiger partial charge in [0.2, 0.25) is 0 Å². The SMILES string of the molecule is Cn1cnc2nc(F)ncc21. The van der Waals surface area contributed by atoms with E-state index in [4.69, 9.17) is 0 Å². The molecule has 0 aliphatic rings. The second-order valence-electron chi connectivity index (χ2n) is 2.20. The predicted octanol–water partition coefficient (Wildman–Crippen LogP) is 0.502. The number of hydrogen-bond acceptors (Lipinski definition) is 3. The summed E-state index contributed by atoms with van der Waals surface area (Å²) < 4.78 is 14.1. The number of hydrogen-bond donors (Lipinski definition) is 0. The lowest BCUT2D eigenvalue weighted by Crippen LogP contribution is -1.90. The van der Waals surface area contributed by atoms with E-state index in [1.807, 2.05) is 0 Å². The topological polar surface area (TPSA) is 43.6 Å². The normalized spacial score (nSPS) is 10.7. The molecule has 0 atom stereocenters. The Morgan fingerprint density at radius 2 is 2.27 bits per heavy atom. The van der Waals surface area contributed by atoms with Crippen molar-refractivity contribution in [3.05, 3.63) is 18.6 Å². The zero-order chi connectivity index (χ0) is 7.84. The Morgan fingerprint density at radius 3 is 3.09 bits per heavy atom. The van der Waals surface area contributed by atoms with Gasteiger partial charge in [-0.25, -0.2) is 9.97 Å². The Labute approximate surface area is 61.7 Å². The zero-order valence-corrected chi connectivity index (χ0v) is 5.82. The maximum absolute atomic E-state index is 12.4. The van der Waals surface area contributed by atoms with Crippen molar-refractivity contribution < 1.29 is 4.39 Å². The molecule has 2 aromatic rings. The van der Waals surface area contributed by atoms with E-state index in [1.54, 1.807) is 17.9 Å². The third-order valence-corrected chi connectivity index (χ3v) is 1.45. The molecule has 0 aliphatic carbocycles. The fraction of sp³-hybridized carbons (Fsp3) is 0.167. The first kappa shape index (κ1) is 6.21. The average molecular weight is 152 g/mol. The number of nitrogens with zero attached hydrogens (tertiary/aromatic N) is 4. The van der Waals surface area contributed by atoms with E-state index in [1.165, 1.54) is 6.20 Å². The quantitative estimate of drug-likeness (QED) is 0.516. The minimum absolute atomic E-state index is 0.389. The van der Waals surface area contributed by atoms with Crippen LogP contribution in [-0.2, 0) is 7.05 Å². The van der Waals surface area contributed by atoms with Crippen LogP contribution in [0.1, 0.15) is 0 Å². The van der Waals surface area contributed by atoms with Crippen LogP contribution in [0.5, 0.6) is 0 Å². The summed E-state index contributed by atoms with van der Waals surface area (Å²) in [4.78, 5) is 10.7. The van der Waals surface area contributed by atoms with Gasteiger partial charge in [-0.1, -0.05) is 0 Å². The van der Waals surface area contributed by atoms with E-state index in [9.17, 15) is 4.39 Å². The molecule has 0 spiro atoms. The highest BCUT2D eigenvalue weighted by molar-refractivity contribution is 5.68. The molecule has 0 N–H and O–H groups in total. The van der Waals surface area contributed by atoms with Crippen LogP contribution in [0, 0.1) is 6.08 Å². The second-order valence-corrected chi connectivity index (χ2v) is 2.20. The van der Waals surface area contributed by atoms with E-state index in [0.29, 0.717) is 5.65 Å². The molecular formula is C6H5FN4. The number of fused-ring (bicyclic) bond motifs is 1. The Bertz CT molecular complexity index is 394. The number of aromatic nitrogens is 4. The van der Waals surface area contributed by atoms with Gasteiger partial charge in [0.15, 0.2) is 5.65 Å². The molecule has 0 saturated carbocycles. The molecule has 0 bridgehead atoms. The lowest BCUT2D eigenvalue weighted by Gasteiger charge is -1.90. The van der Waals surface area contributed by atoms with Crippen molar-refractivity contribution in [2.45, 2.75) is 0 Å². The van der Waals surface area contributed by atoms with Gasteiger partial charge in [0, 0.05) is 7.05 Å². The van der Waals surface area contributed by atoms with Crippen LogP contribution in [-0.4, -0.2) is 19.5 Å². The predicted molar refractivity (Wildman–Crippen MR) is 36.3 cm³/mol. The van der Waals surface area contributed by atoms with Gasteiger partial charge >= 0.3 is 6.08 Å². The van der Waals surface area contributed by atoms with E-state index < -0.39 is 6.08 Å². The van der Waals surface area contributed by atoms with E-state index in [2.05, 4.69) is 15.0 Å². The van der Waals surface area contributed by atoms with E-state index >= 15 is 0 Å². The summed E-state index contributed by atoms with van der Waals surface area (Å²) >= 11 is 0. The van der Waals surface area contributed by atoms with Crippen molar-refractivity contribution in [2.24, 2.45) is 7.05 Å². The van der Waals surface area contributed by atoms with Gasteiger partial charge in [-0.2, -0.15) is 9.37 Å². The van der Waals surface area contributed by atoms with Gasteiger partial charge in [-0.05, 0) is 0 Å². The average Bonchev–Trinajstić information content (AvgIpc) is 2.32. The first-order valence-electron chi connectivity index (χ1n) is 3.07. The summed E-state index contributed by atoms with van der Waals surface area (Å²) in [5.74, 6) is 0. The lowest BCUT2D eigenvalue weighted by molar-refractivity contribution is 0.543. The van der Waals surface area contributed by atoms with Crippen LogP contribution in [0.2, 0.25) is 0 Å². The first-order chi connectivity index (χ1) is 5.27. The Morgan fingerprint density at radius 1 is 1.45 bits per heavy atom. The molecule has 0 unspecified atom stereocenters. The molecule has 0 saturated heterocycles. The molecule has 5 heteroatoms. The van der Waals surface area contributed by atoms with Crippen molar-refractivity contribution >= 4 is 11.2 Å². The minimum atomic E-state index is -0.740. The Hall–Kier alpha value is -1.52. The standard InChI is InChI=1S/C6H5FN4/c1-11-3-9-5-4(11)2-8-6(7)10-5/h2-3H,1H3. The van der Waals surface area contributed by atoms with Crippen molar-refractivity contribution in [2.75, 3.05) is 0 Å². The van der Waals surface area contributed by atoms with Crippen LogP contribution in [0.15, 0.2) is 12.5 Å². The summed E-state index contributed by atoms with van der Waals surface area (Å²) in [5, 5.41) is 0. The summed E-state index contributed by atoms with van der Waals surface area (Å²) in [6, 6.07) is 0. The summed E-state index contributed by atoms with van der Waals surface area (Å²) in [7, 11) is 1.80. The second kappa shape index (κ2) is 1.98. The molecule has 11 heavy (non-hydrogen) atoms. The number of halogens is 1. The maximum atomic E-state index is 12.4. The van der Waals surface area contributed by atoms with E-state index in [0.717, 1.165) is 5.52 Å². The highest BCUT2D eigenvalue weighted by atomic mass is 19.1. The molecule has 2 heterocycles. The molecule has 0 aliphatic heterocycles.